The van der Waals surface area contributed by atoms with Gasteiger partial charge in [-0.1, -0.05) is 12.1 Å². The Balaban J connectivity index is 1.98. The largest absolute Gasteiger partial charge is 0.416 e. The van der Waals surface area contributed by atoms with Crippen LogP contribution in [0.4, 0.5) is 13.2 Å². The van der Waals surface area contributed by atoms with Crippen LogP contribution in [0.25, 0.3) is 0 Å². The number of hydrogen-bond acceptors (Lipinski definition) is 2. The fraction of sp³-hybridized carbons (Fsp3) is 0.214. The Labute approximate surface area is 112 Å². The van der Waals surface area contributed by atoms with Crippen molar-refractivity contribution in [3.8, 4) is 0 Å². The Kier molecular flexibility index (Phi) is 2.93. The van der Waals surface area contributed by atoms with Gasteiger partial charge >= 0.3 is 6.18 Å². The Morgan fingerprint density at radius 3 is 2.47 bits per heavy atom. The smallest absolute Gasteiger partial charge is 0.284 e. The molecule has 1 aromatic carbocycles. The van der Waals surface area contributed by atoms with E-state index in [2.05, 4.69) is 4.99 Å². The summed E-state index contributed by atoms with van der Waals surface area (Å²) in [6, 6.07) is 7.19. The number of nitrogens with zero attached hydrogens (tertiary/aromatic N) is 1. The predicted octanol–water partition coefficient (Wildman–Crippen LogP) is 4.16. The predicted molar refractivity (Wildman–Crippen MR) is 70.0 cm³/mol. The third kappa shape index (κ3) is 2.30. The number of benzene rings is 1. The van der Waals surface area contributed by atoms with Crippen LogP contribution >= 0.6 is 11.3 Å². The molecule has 0 N–H and O–H groups in total. The van der Waals surface area contributed by atoms with E-state index in [1.54, 1.807) is 11.3 Å². The zero-order chi connectivity index (χ0) is 13.5. The van der Waals surface area contributed by atoms with Crippen LogP contribution in [0.2, 0.25) is 0 Å². The van der Waals surface area contributed by atoms with Gasteiger partial charge in [0.25, 0.3) is 0 Å². The van der Waals surface area contributed by atoms with Gasteiger partial charge in [0.15, 0.2) is 0 Å². The van der Waals surface area contributed by atoms with E-state index in [0.29, 0.717) is 6.54 Å². The van der Waals surface area contributed by atoms with Gasteiger partial charge in [-0.05, 0) is 23.6 Å². The quantitative estimate of drug-likeness (QED) is 0.744. The first-order chi connectivity index (χ1) is 9.05. The number of hydrogen-bond donors (Lipinski definition) is 0. The highest BCUT2D eigenvalue weighted by Crippen LogP contribution is 2.30. The summed E-state index contributed by atoms with van der Waals surface area (Å²) in [5.41, 5.74) is 1.97. The number of fused-ring (bicyclic) bond motifs is 1. The molecule has 0 unspecified atom stereocenters. The monoisotopic (exact) mass is 281 g/mol. The second kappa shape index (κ2) is 4.49. The molecule has 0 amide bonds. The molecule has 0 bridgehead atoms. The normalized spacial score (nSPS) is 15.0. The molecule has 0 spiro atoms. The minimum atomic E-state index is -4.29. The first kappa shape index (κ1) is 12.4. The lowest BCUT2D eigenvalue weighted by molar-refractivity contribution is -0.137. The summed E-state index contributed by atoms with van der Waals surface area (Å²) in [7, 11) is 0. The molecule has 0 radical (unpaired) electrons. The molecule has 0 fully saturated rings. The first-order valence-electron chi connectivity index (χ1n) is 5.84. The van der Waals surface area contributed by atoms with E-state index in [4.69, 9.17) is 0 Å². The Hall–Kier alpha value is -1.62. The van der Waals surface area contributed by atoms with Crippen LogP contribution in [-0.4, -0.2) is 12.3 Å². The van der Waals surface area contributed by atoms with Gasteiger partial charge in [0.1, 0.15) is 0 Å². The van der Waals surface area contributed by atoms with Crippen LogP contribution in [0.15, 0.2) is 40.7 Å². The molecule has 2 heterocycles. The van der Waals surface area contributed by atoms with Gasteiger partial charge in [0, 0.05) is 29.0 Å². The lowest BCUT2D eigenvalue weighted by atomic mass is 9.99. The number of alkyl halides is 3. The second-order valence-corrected chi connectivity index (χ2v) is 5.31. The summed E-state index contributed by atoms with van der Waals surface area (Å²) in [5.74, 6) is 0. The van der Waals surface area contributed by atoms with Crippen LogP contribution < -0.4 is 0 Å². The van der Waals surface area contributed by atoms with E-state index in [0.717, 1.165) is 35.4 Å². The van der Waals surface area contributed by atoms with Gasteiger partial charge in [-0.3, -0.25) is 4.99 Å². The number of thiophene rings is 1. The average Bonchev–Trinajstić information content (AvgIpc) is 2.86. The molecule has 5 heteroatoms. The topological polar surface area (TPSA) is 12.4 Å². The van der Waals surface area contributed by atoms with Gasteiger partial charge in [-0.15, -0.1) is 11.3 Å². The zero-order valence-corrected chi connectivity index (χ0v) is 10.7. The molecule has 1 aliphatic rings. The first-order valence-corrected chi connectivity index (χ1v) is 6.72. The summed E-state index contributed by atoms with van der Waals surface area (Å²) in [6.45, 7) is 0.698. The second-order valence-electron chi connectivity index (χ2n) is 4.31. The fourth-order valence-electron chi connectivity index (χ4n) is 2.16. The summed E-state index contributed by atoms with van der Waals surface area (Å²) in [4.78, 5) is 5.70. The van der Waals surface area contributed by atoms with Gasteiger partial charge in [-0.2, -0.15) is 13.2 Å². The lowest BCUT2D eigenvalue weighted by Gasteiger charge is -2.14. The van der Waals surface area contributed by atoms with E-state index < -0.39 is 11.7 Å². The van der Waals surface area contributed by atoms with Crippen molar-refractivity contribution in [3.05, 3.63) is 57.3 Å². The number of aliphatic imine (C=N–C) groups is 1. The van der Waals surface area contributed by atoms with Gasteiger partial charge in [-0.25, -0.2) is 0 Å². The molecular formula is C14H10F3NS. The van der Waals surface area contributed by atoms with E-state index in [1.165, 1.54) is 17.0 Å². The fourth-order valence-corrected chi connectivity index (χ4v) is 3.03. The summed E-state index contributed by atoms with van der Waals surface area (Å²) in [5, 5.41) is 2.00. The molecule has 2 aromatic rings. The van der Waals surface area contributed by atoms with Crippen LogP contribution in [0, 0.1) is 0 Å². The van der Waals surface area contributed by atoms with Gasteiger partial charge < -0.3 is 0 Å². The van der Waals surface area contributed by atoms with Crippen molar-refractivity contribution < 1.29 is 13.2 Å². The lowest BCUT2D eigenvalue weighted by Crippen LogP contribution is -2.12. The van der Waals surface area contributed by atoms with Crippen molar-refractivity contribution in [2.75, 3.05) is 6.54 Å². The molecule has 0 atom stereocenters. The standard InChI is InChI=1S/C14H10F3NS/c15-14(16,17)10-3-1-9(2-4-10)13-11-6-8-19-12(11)5-7-18-13/h1-4,6,8H,5,7H2. The molecule has 1 aromatic heterocycles. The average molecular weight is 281 g/mol. The molecule has 0 aliphatic carbocycles. The molecule has 3 rings (SSSR count). The third-order valence-corrected chi connectivity index (χ3v) is 4.08. The van der Waals surface area contributed by atoms with Crippen molar-refractivity contribution in [1.29, 1.82) is 0 Å². The van der Waals surface area contributed by atoms with Crippen LogP contribution in [0.3, 0.4) is 0 Å². The Morgan fingerprint density at radius 2 is 1.79 bits per heavy atom. The van der Waals surface area contributed by atoms with Crippen molar-refractivity contribution >= 4 is 17.0 Å². The summed E-state index contributed by atoms with van der Waals surface area (Å²) < 4.78 is 37.6. The molecule has 98 valence electrons. The molecule has 19 heavy (non-hydrogen) atoms. The summed E-state index contributed by atoms with van der Waals surface area (Å²) in [6.07, 6.45) is -3.38. The van der Waals surface area contributed by atoms with Crippen molar-refractivity contribution in [2.24, 2.45) is 4.99 Å². The maximum atomic E-state index is 12.5. The Bertz CT molecular complexity index is 623. The highest BCUT2D eigenvalue weighted by Gasteiger charge is 2.30. The highest BCUT2D eigenvalue weighted by molar-refractivity contribution is 7.10. The van der Waals surface area contributed by atoms with Crippen molar-refractivity contribution in [3.63, 3.8) is 0 Å². The minimum Gasteiger partial charge on any atom is -0.284 e. The third-order valence-electron chi connectivity index (χ3n) is 3.09. The van der Waals surface area contributed by atoms with Crippen LogP contribution in [-0.2, 0) is 12.6 Å². The van der Waals surface area contributed by atoms with Crippen LogP contribution in [0.1, 0.15) is 21.6 Å². The van der Waals surface area contributed by atoms with Crippen molar-refractivity contribution in [1.82, 2.24) is 0 Å². The zero-order valence-electron chi connectivity index (χ0n) is 9.87. The van der Waals surface area contributed by atoms with Gasteiger partial charge in [0.05, 0.1) is 11.3 Å². The SMILES string of the molecule is FC(F)(F)c1ccc(C2=NCCc3sccc32)cc1. The van der Waals surface area contributed by atoms with E-state index in [1.807, 2.05) is 11.4 Å². The van der Waals surface area contributed by atoms with E-state index in [9.17, 15) is 13.2 Å². The molecule has 0 saturated carbocycles. The van der Waals surface area contributed by atoms with Gasteiger partial charge in [0.2, 0.25) is 0 Å². The maximum absolute atomic E-state index is 12.5. The minimum absolute atomic E-state index is 0.627. The molecular weight excluding hydrogens is 271 g/mol. The van der Waals surface area contributed by atoms with Crippen molar-refractivity contribution in [2.45, 2.75) is 12.6 Å². The number of rotatable bonds is 1. The number of halogens is 3. The molecule has 1 aliphatic heterocycles. The molecule has 1 nitrogen and oxygen atoms in total. The van der Waals surface area contributed by atoms with E-state index >= 15 is 0 Å². The van der Waals surface area contributed by atoms with E-state index in [-0.39, 0.29) is 0 Å². The molecule has 0 saturated heterocycles. The van der Waals surface area contributed by atoms with Crippen LogP contribution in [0.5, 0.6) is 0 Å². The Morgan fingerprint density at radius 1 is 1.05 bits per heavy atom. The maximum Gasteiger partial charge on any atom is 0.416 e. The summed E-state index contributed by atoms with van der Waals surface area (Å²) >= 11 is 1.67. The highest BCUT2D eigenvalue weighted by atomic mass is 32.1.